The summed E-state index contributed by atoms with van der Waals surface area (Å²) in [6.07, 6.45) is 1.31. The highest BCUT2D eigenvalue weighted by Crippen LogP contribution is 2.36. The third-order valence-electron chi connectivity index (χ3n) is 4.79. The van der Waals surface area contributed by atoms with Gasteiger partial charge in [-0.2, -0.15) is 0 Å². The first kappa shape index (κ1) is 18.9. The summed E-state index contributed by atoms with van der Waals surface area (Å²) in [6.45, 7) is 7.75. The highest BCUT2D eigenvalue weighted by atomic mass is 19.4. The van der Waals surface area contributed by atoms with Crippen LogP contribution in [0.15, 0.2) is 18.2 Å². The molecule has 2 nitrogen and oxygen atoms in total. The van der Waals surface area contributed by atoms with Gasteiger partial charge >= 0.3 is 6.36 Å². The fourth-order valence-electron chi connectivity index (χ4n) is 3.38. The van der Waals surface area contributed by atoms with Crippen molar-refractivity contribution < 1.29 is 17.9 Å². The maximum absolute atomic E-state index is 12.7. The first-order valence-corrected chi connectivity index (χ1v) is 8.94. The number of alkyl halides is 3. The lowest BCUT2D eigenvalue weighted by Crippen LogP contribution is -2.33. The highest BCUT2D eigenvalue weighted by molar-refractivity contribution is 5.55. The van der Waals surface area contributed by atoms with E-state index in [-0.39, 0.29) is 11.7 Å². The molecular formula is C19H28F3NO. The number of hydrogen-bond donors (Lipinski definition) is 0. The molecule has 0 saturated carbocycles. The van der Waals surface area contributed by atoms with Gasteiger partial charge in [-0.25, -0.2) is 0 Å². The van der Waals surface area contributed by atoms with Gasteiger partial charge in [-0.3, -0.25) is 0 Å². The first-order chi connectivity index (χ1) is 11.3. The number of piperidine rings is 1. The molecule has 0 atom stereocenters. The molecule has 0 radical (unpaired) electrons. The number of unbranched alkanes of at least 4 members (excludes halogenated alkanes) is 1. The summed E-state index contributed by atoms with van der Waals surface area (Å²) in [5.41, 5.74) is 1.42. The molecule has 1 saturated heterocycles. The van der Waals surface area contributed by atoms with Crippen LogP contribution in [0, 0.1) is 5.92 Å². The summed E-state index contributed by atoms with van der Waals surface area (Å²) in [5.74, 6) is 0.668. The molecule has 1 aromatic rings. The normalized spacial score (nSPS) is 16.7. The third-order valence-corrected chi connectivity index (χ3v) is 4.79. The van der Waals surface area contributed by atoms with Crippen molar-refractivity contribution >= 4 is 5.69 Å². The number of hydrogen-bond acceptors (Lipinski definition) is 2. The quantitative estimate of drug-likeness (QED) is 0.617. The standard InChI is InChI=1S/C19H28F3NO/c1-4-5-6-15-9-11-23(12-10-15)16-7-8-17(14(2)3)18(13-16)24-19(20,21)22/h7-8,13-15H,4-6,9-12H2,1-3H3. The maximum atomic E-state index is 12.7. The van der Waals surface area contributed by atoms with Gasteiger partial charge in [0.05, 0.1) is 0 Å². The number of halogens is 3. The van der Waals surface area contributed by atoms with Gasteiger partial charge in [-0.05, 0) is 36.3 Å². The Balaban J connectivity index is 2.10. The number of rotatable bonds is 6. The Morgan fingerprint density at radius 1 is 1.21 bits per heavy atom. The highest BCUT2D eigenvalue weighted by Gasteiger charge is 2.33. The SMILES string of the molecule is CCCCC1CCN(c2ccc(C(C)C)c(OC(F)(F)F)c2)CC1. The molecule has 2 rings (SSSR count). The molecule has 0 bridgehead atoms. The predicted octanol–water partition coefficient (Wildman–Crippen LogP) is 6.12. The summed E-state index contributed by atoms with van der Waals surface area (Å²) in [5, 5.41) is 0. The van der Waals surface area contributed by atoms with Crippen LogP contribution in [0.4, 0.5) is 18.9 Å². The maximum Gasteiger partial charge on any atom is 0.573 e. The van der Waals surface area contributed by atoms with Crippen LogP contribution in [-0.4, -0.2) is 19.5 Å². The van der Waals surface area contributed by atoms with Crippen LogP contribution in [0.3, 0.4) is 0 Å². The fourth-order valence-corrected chi connectivity index (χ4v) is 3.38. The molecule has 5 heteroatoms. The molecule has 1 aliphatic heterocycles. The van der Waals surface area contributed by atoms with Crippen LogP contribution in [0.1, 0.15) is 64.4 Å². The van der Waals surface area contributed by atoms with Gasteiger partial charge in [0.25, 0.3) is 0 Å². The number of nitrogens with zero attached hydrogens (tertiary/aromatic N) is 1. The van der Waals surface area contributed by atoms with Crippen molar-refractivity contribution in [1.29, 1.82) is 0 Å². The molecule has 0 N–H and O–H groups in total. The van der Waals surface area contributed by atoms with Gasteiger partial charge in [-0.15, -0.1) is 13.2 Å². The lowest BCUT2D eigenvalue weighted by atomic mass is 9.91. The second-order valence-corrected chi connectivity index (χ2v) is 7.00. The van der Waals surface area contributed by atoms with Crippen LogP contribution in [0.25, 0.3) is 0 Å². The number of anilines is 1. The minimum Gasteiger partial charge on any atom is -0.405 e. The summed E-state index contributed by atoms with van der Waals surface area (Å²) in [7, 11) is 0. The molecule has 0 aliphatic carbocycles. The van der Waals surface area contributed by atoms with Gasteiger partial charge in [0, 0.05) is 24.8 Å². The predicted molar refractivity (Wildman–Crippen MR) is 91.7 cm³/mol. The number of ether oxygens (including phenoxy) is 1. The summed E-state index contributed by atoms with van der Waals surface area (Å²) >= 11 is 0. The minimum atomic E-state index is -4.66. The second kappa shape index (κ2) is 8.13. The molecule has 136 valence electrons. The van der Waals surface area contributed by atoms with Gasteiger partial charge < -0.3 is 9.64 Å². The van der Waals surface area contributed by atoms with E-state index in [1.165, 1.54) is 19.3 Å². The Hall–Kier alpha value is -1.39. The van der Waals surface area contributed by atoms with E-state index in [2.05, 4.69) is 16.6 Å². The average molecular weight is 343 g/mol. The Morgan fingerprint density at radius 3 is 2.42 bits per heavy atom. The van der Waals surface area contributed by atoms with E-state index < -0.39 is 6.36 Å². The van der Waals surface area contributed by atoms with E-state index in [0.29, 0.717) is 5.56 Å². The van der Waals surface area contributed by atoms with E-state index in [1.54, 1.807) is 12.1 Å². The Kier molecular flexibility index (Phi) is 6.41. The molecule has 1 fully saturated rings. The van der Waals surface area contributed by atoms with E-state index in [4.69, 9.17) is 0 Å². The smallest absolute Gasteiger partial charge is 0.405 e. The van der Waals surface area contributed by atoms with E-state index in [0.717, 1.165) is 37.5 Å². The zero-order chi connectivity index (χ0) is 17.7. The molecule has 24 heavy (non-hydrogen) atoms. The van der Waals surface area contributed by atoms with Crippen molar-refractivity contribution in [1.82, 2.24) is 0 Å². The Morgan fingerprint density at radius 2 is 1.88 bits per heavy atom. The molecule has 0 spiro atoms. The number of benzene rings is 1. The lowest BCUT2D eigenvalue weighted by Gasteiger charge is -2.34. The minimum absolute atomic E-state index is 0.0174. The monoisotopic (exact) mass is 343 g/mol. The van der Waals surface area contributed by atoms with E-state index >= 15 is 0 Å². The summed E-state index contributed by atoms with van der Waals surface area (Å²) in [6, 6.07) is 5.24. The molecule has 1 aliphatic rings. The van der Waals surface area contributed by atoms with Gasteiger partial charge in [0.2, 0.25) is 0 Å². The van der Waals surface area contributed by atoms with Crippen LogP contribution < -0.4 is 9.64 Å². The van der Waals surface area contributed by atoms with Gasteiger partial charge in [0.1, 0.15) is 5.75 Å². The molecule has 0 amide bonds. The zero-order valence-electron chi connectivity index (χ0n) is 14.8. The van der Waals surface area contributed by atoms with Crippen LogP contribution in [0.5, 0.6) is 5.75 Å². The van der Waals surface area contributed by atoms with Crippen molar-refractivity contribution in [3.05, 3.63) is 23.8 Å². The van der Waals surface area contributed by atoms with Crippen LogP contribution >= 0.6 is 0 Å². The Bertz CT molecular complexity index is 520. The van der Waals surface area contributed by atoms with Crippen LogP contribution in [-0.2, 0) is 0 Å². The van der Waals surface area contributed by atoms with Crippen molar-refractivity contribution in [2.24, 2.45) is 5.92 Å². The zero-order valence-corrected chi connectivity index (χ0v) is 14.8. The second-order valence-electron chi connectivity index (χ2n) is 7.00. The van der Waals surface area contributed by atoms with Crippen molar-refractivity contribution in [3.8, 4) is 5.75 Å². The van der Waals surface area contributed by atoms with E-state index in [9.17, 15) is 13.2 Å². The van der Waals surface area contributed by atoms with Gasteiger partial charge in [0.15, 0.2) is 0 Å². The molecule has 1 heterocycles. The fraction of sp³-hybridized carbons (Fsp3) is 0.684. The molecular weight excluding hydrogens is 315 g/mol. The molecule has 0 unspecified atom stereocenters. The first-order valence-electron chi connectivity index (χ1n) is 8.94. The van der Waals surface area contributed by atoms with Gasteiger partial charge in [-0.1, -0.05) is 46.1 Å². The molecule has 0 aromatic heterocycles. The Labute approximate surface area is 143 Å². The van der Waals surface area contributed by atoms with Crippen molar-refractivity contribution in [2.75, 3.05) is 18.0 Å². The topological polar surface area (TPSA) is 12.5 Å². The summed E-state index contributed by atoms with van der Waals surface area (Å²) in [4.78, 5) is 2.18. The summed E-state index contributed by atoms with van der Waals surface area (Å²) < 4.78 is 42.4. The van der Waals surface area contributed by atoms with Crippen molar-refractivity contribution in [3.63, 3.8) is 0 Å². The van der Waals surface area contributed by atoms with Crippen molar-refractivity contribution in [2.45, 2.75) is 65.2 Å². The molecule has 1 aromatic carbocycles. The van der Waals surface area contributed by atoms with E-state index in [1.807, 2.05) is 19.9 Å². The van der Waals surface area contributed by atoms with Crippen LogP contribution in [0.2, 0.25) is 0 Å². The lowest BCUT2D eigenvalue weighted by molar-refractivity contribution is -0.274. The largest absolute Gasteiger partial charge is 0.573 e. The average Bonchev–Trinajstić information content (AvgIpc) is 2.51. The third kappa shape index (κ3) is 5.32.